The first-order valence-corrected chi connectivity index (χ1v) is 10.9. The normalized spacial score (nSPS) is 23.0. The number of benzene rings is 1. The molecule has 0 aliphatic carbocycles. The van der Waals surface area contributed by atoms with Crippen molar-refractivity contribution in [3.8, 4) is 11.8 Å². The van der Waals surface area contributed by atoms with Crippen molar-refractivity contribution in [1.29, 1.82) is 0 Å². The fraction of sp³-hybridized carbons (Fsp3) is 0.545. The fourth-order valence-corrected chi connectivity index (χ4v) is 8.76. The topological polar surface area (TPSA) is 18.5 Å². The zero-order chi connectivity index (χ0) is 18.7. The molecule has 0 saturated carbocycles. The van der Waals surface area contributed by atoms with Crippen LogP contribution in [0, 0.1) is 11.8 Å². The molecule has 1 fully saturated rings. The van der Waals surface area contributed by atoms with Gasteiger partial charge >= 0.3 is 8.56 Å². The number of hydrogen-bond acceptors (Lipinski definition) is 2. The lowest BCUT2D eigenvalue weighted by Gasteiger charge is -2.45. The zero-order valence-electron chi connectivity index (χ0n) is 16.6. The first-order chi connectivity index (χ1) is 11.6. The van der Waals surface area contributed by atoms with Crippen molar-refractivity contribution < 1.29 is 8.85 Å². The molecule has 0 amide bonds. The summed E-state index contributed by atoms with van der Waals surface area (Å²) in [5.41, 5.74) is 1.06. The van der Waals surface area contributed by atoms with Gasteiger partial charge in [0.15, 0.2) is 0 Å². The van der Waals surface area contributed by atoms with Gasteiger partial charge in [-0.3, -0.25) is 0 Å². The average molecular weight is 357 g/mol. The third-order valence-electron chi connectivity index (χ3n) is 4.75. The van der Waals surface area contributed by atoms with Crippen LogP contribution in [0.1, 0.15) is 59.9 Å². The van der Waals surface area contributed by atoms with Crippen LogP contribution in [-0.4, -0.2) is 20.8 Å². The van der Waals surface area contributed by atoms with Crippen LogP contribution in [0.25, 0.3) is 0 Å². The Bertz CT molecular complexity index is 627. The maximum atomic E-state index is 6.71. The minimum atomic E-state index is -2.43. The summed E-state index contributed by atoms with van der Waals surface area (Å²) in [7, 11) is -2.43. The molecular formula is C22H32O2Si. The highest BCUT2D eigenvalue weighted by molar-refractivity contribution is 6.74. The second-order valence-electron chi connectivity index (χ2n) is 8.80. The van der Waals surface area contributed by atoms with Gasteiger partial charge in [-0.05, 0) is 18.6 Å². The number of rotatable bonds is 3. The molecule has 1 aromatic rings. The van der Waals surface area contributed by atoms with E-state index < -0.39 is 8.56 Å². The summed E-state index contributed by atoms with van der Waals surface area (Å²) in [5.74, 6) is 6.50. The summed E-state index contributed by atoms with van der Waals surface area (Å²) in [6, 6.07) is 10.1. The highest BCUT2D eigenvalue weighted by Gasteiger charge is 2.64. The summed E-state index contributed by atoms with van der Waals surface area (Å²) in [4.78, 5) is 0. The lowest BCUT2D eigenvalue weighted by molar-refractivity contribution is 0.179. The molecule has 1 aliphatic rings. The van der Waals surface area contributed by atoms with Gasteiger partial charge in [-0.15, -0.1) is 6.58 Å². The van der Waals surface area contributed by atoms with Gasteiger partial charge in [0, 0.05) is 22.1 Å². The molecule has 0 radical (unpaired) electrons. The van der Waals surface area contributed by atoms with E-state index in [1.807, 2.05) is 36.4 Å². The van der Waals surface area contributed by atoms with E-state index in [9.17, 15) is 0 Å². The highest BCUT2D eigenvalue weighted by Crippen LogP contribution is 2.56. The van der Waals surface area contributed by atoms with Crippen LogP contribution in [0.5, 0.6) is 0 Å². The first kappa shape index (κ1) is 20.0. The Balaban J connectivity index is 2.11. The van der Waals surface area contributed by atoms with Crippen LogP contribution in [-0.2, 0) is 8.85 Å². The lowest BCUT2D eigenvalue weighted by Crippen LogP contribution is -2.54. The molecule has 2 nitrogen and oxygen atoms in total. The van der Waals surface area contributed by atoms with Crippen molar-refractivity contribution in [2.45, 2.75) is 76.7 Å². The Kier molecular flexibility index (Phi) is 5.99. The predicted molar refractivity (Wildman–Crippen MR) is 108 cm³/mol. The van der Waals surface area contributed by atoms with Crippen molar-refractivity contribution in [1.82, 2.24) is 0 Å². The van der Waals surface area contributed by atoms with Gasteiger partial charge in [-0.2, -0.15) is 0 Å². The summed E-state index contributed by atoms with van der Waals surface area (Å²) in [6.07, 6.45) is 3.58. The molecule has 0 N–H and O–H groups in total. The monoisotopic (exact) mass is 356 g/mol. The van der Waals surface area contributed by atoms with Crippen molar-refractivity contribution in [3.63, 3.8) is 0 Å². The van der Waals surface area contributed by atoms with E-state index in [1.165, 1.54) is 0 Å². The standard InChI is InChI=1S/C22H32O2Si/c1-8-19-20(17-13-12-16-18-14-10-9-11-15-18)24-25(23-19,21(2,3)4)22(5,6)7/h8-11,14-15,19-20H,1,13,17H2,2-7H3/t19-,20-/m0/s1. The van der Waals surface area contributed by atoms with Crippen LogP contribution < -0.4 is 0 Å². The van der Waals surface area contributed by atoms with E-state index in [-0.39, 0.29) is 22.3 Å². The van der Waals surface area contributed by atoms with Gasteiger partial charge in [0.05, 0.1) is 12.2 Å². The SMILES string of the molecule is C=C[C@@H]1O[Si](C(C)(C)C)(C(C)(C)C)O[C@H]1CCC#Cc1ccccc1. The Hall–Kier alpha value is -1.34. The molecule has 1 saturated heterocycles. The molecule has 25 heavy (non-hydrogen) atoms. The average Bonchev–Trinajstić information content (AvgIpc) is 2.92. The highest BCUT2D eigenvalue weighted by atomic mass is 28.4. The smallest absolute Gasteiger partial charge is 0.350 e. The summed E-state index contributed by atoms with van der Waals surface area (Å²) >= 11 is 0. The second-order valence-corrected chi connectivity index (χ2v) is 13.5. The largest absolute Gasteiger partial charge is 0.387 e. The lowest BCUT2D eigenvalue weighted by atomic mass is 10.1. The number of hydrogen-bond donors (Lipinski definition) is 0. The van der Waals surface area contributed by atoms with Crippen LogP contribution in [0.15, 0.2) is 43.0 Å². The van der Waals surface area contributed by atoms with Crippen LogP contribution in [0.3, 0.4) is 0 Å². The first-order valence-electron chi connectivity index (χ1n) is 9.13. The zero-order valence-corrected chi connectivity index (χ0v) is 17.6. The van der Waals surface area contributed by atoms with Crippen LogP contribution in [0.4, 0.5) is 0 Å². The van der Waals surface area contributed by atoms with E-state index in [1.54, 1.807) is 0 Å². The van der Waals surface area contributed by atoms with Gasteiger partial charge in [-0.25, -0.2) is 0 Å². The molecule has 136 valence electrons. The molecule has 1 heterocycles. The van der Waals surface area contributed by atoms with Crippen molar-refractivity contribution >= 4 is 8.56 Å². The van der Waals surface area contributed by atoms with Crippen molar-refractivity contribution in [2.24, 2.45) is 0 Å². The molecule has 0 bridgehead atoms. The predicted octanol–water partition coefficient (Wildman–Crippen LogP) is 5.83. The molecule has 1 aromatic carbocycles. The molecule has 3 heteroatoms. The summed E-state index contributed by atoms with van der Waals surface area (Å²) in [5, 5.41) is -0.00600. The fourth-order valence-electron chi connectivity index (χ4n) is 3.73. The van der Waals surface area contributed by atoms with Crippen LogP contribution >= 0.6 is 0 Å². The van der Waals surface area contributed by atoms with E-state index >= 15 is 0 Å². The van der Waals surface area contributed by atoms with Crippen LogP contribution in [0.2, 0.25) is 10.1 Å². The van der Waals surface area contributed by atoms with E-state index in [4.69, 9.17) is 8.85 Å². The quantitative estimate of drug-likeness (QED) is 0.385. The molecule has 2 atom stereocenters. The van der Waals surface area contributed by atoms with Gasteiger partial charge < -0.3 is 8.85 Å². The van der Waals surface area contributed by atoms with Crippen molar-refractivity contribution in [3.05, 3.63) is 48.6 Å². The summed E-state index contributed by atoms with van der Waals surface area (Å²) < 4.78 is 13.3. The van der Waals surface area contributed by atoms with E-state index in [2.05, 4.69) is 60.0 Å². The van der Waals surface area contributed by atoms with Gasteiger partial charge in [0.2, 0.25) is 0 Å². The third kappa shape index (κ3) is 4.26. The van der Waals surface area contributed by atoms with E-state index in [0.717, 1.165) is 18.4 Å². The van der Waals surface area contributed by atoms with Gasteiger partial charge in [0.1, 0.15) is 0 Å². The Morgan fingerprint density at radius 1 is 1.04 bits per heavy atom. The van der Waals surface area contributed by atoms with Gasteiger partial charge in [-0.1, -0.05) is 77.7 Å². The maximum absolute atomic E-state index is 6.71. The minimum absolute atomic E-state index is 0.00300. The molecular weight excluding hydrogens is 324 g/mol. The Morgan fingerprint density at radius 2 is 1.64 bits per heavy atom. The third-order valence-corrected chi connectivity index (χ3v) is 9.94. The molecule has 2 rings (SSSR count). The van der Waals surface area contributed by atoms with Gasteiger partial charge in [0.25, 0.3) is 0 Å². The van der Waals surface area contributed by atoms with Crippen molar-refractivity contribution in [2.75, 3.05) is 0 Å². The minimum Gasteiger partial charge on any atom is -0.387 e. The second kappa shape index (κ2) is 7.49. The van der Waals surface area contributed by atoms with E-state index in [0.29, 0.717) is 0 Å². The molecule has 1 aliphatic heterocycles. The Morgan fingerprint density at radius 3 is 2.16 bits per heavy atom. The Labute approximate surface area is 154 Å². The molecule has 0 spiro atoms. The molecule has 0 unspecified atom stereocenters. The molecule has 0 aromatic heterocycles. The summed E-state index contributed by atoms with van der Waals surface area (Å²) in [6.45, 7) is 17.4. The maximum Gasteiger partial charge on any atom is 0.350 e.